The first-order valence-electron chi connectivity index (χ1n) is 6.38. The molecule has 98 valence electrons. The van der Waals surface area contributed by atoms with E-state index in [1.165, 1.54) is 0 Å². The number of esters is 1. The largest absolute Gasteiger partial charge is 0.465 e. The van der Waals surface area contributed by atoms with Crippen LogP contribution in [0, 0.1) is 0 Å². The van der Waals surface area contributed by atoms with Gasteiger partial charge in [-0.2, -0.15) is 0 Å². The van der Waals surface area contributed by atoms with Crippen LogP contribution in [0.15, 0.2) is 0 Å². The third-order valence-electron chi connectivity index (χ3n) is 3.38. The smallest absolute Gasteiger partial charge is 0.328 e. The zero-order valence-electron chi connectivity index (χ0n) is 10.4. The first-order valence-corrected chi connectivity index (χ1v) is 6.38. The van der Waals surface area contributed by atoms with Gasteiger partial charge in [0, 0.05) is 26.2 Å². The molecule has 5 heteroatoms. The Hall–Kier alpha value is -0.650. The molecule has 2 atom stereocenters. The Bertz CT molecular complexity index is 257. The molecule has 0 amide bonds. The van der Waals surface area contributed by atoms with Crippen LogP contribution < -0.4 is 5.32 Å². The van der Waals surface area contributed by atoms with E-state index < -0.39 is 5.54 Å². The zero-order valence-corrected chi connectivity index (χ0v) is 10.4. The highest BCUT2D eigenvalue weighted by Gasteiger charge is 2.43. The number of hydrogen-bond acceptors (Lipinski definition) is 5. The summed E-state index contributed by atoms with van der Waals surface area (Å²) in [5.74, 6) is -0.199. The lowest BCUT2D eigenvalue weighted by molar-refractivity contribution is -0.151. The molecular weight excluding hydrogens is 222 g/mol. The van der Waals surface area contributed by atoms with Crippen LogP contribution in [0.5, 0.6) is 0 Å². The van der Waals surface area contributed by atoms with Crippen molar-refractivity contribution in [2.45, 2.75) is 37.8 Å². The van der Waals surface area contributed by atoms with E-state index in [0.717, 1.165) is 19.4 Å². The van der Waals surface area contributed by atoms with E-state index in [1.807, 2.05) is 6.92 Å². The van der Waals surface area contributed by atoms with E-state index >= 15 is 0 Å². The molecule has 0 aliphatic carbocycles. The Balaban J connectivity index is 1.89. The van der Waals surface area contributed by atoms with Crippen molar-refractivity contribution in [3.05, 3.63) is 0 Å². The highest BCUT2D eigenvalue weighted by Crippen LogP contribution is 2.21. The van der Waals surface area contributed by atoms with Gasteiger partial charge in [-0.1, -0.05) is 0 Å². The minimum atomic E-state index is -0.651. The van der Waals surface area contributed by atoms with Crippen LogP contribution in [0.25, 0.3) is 0 Å². The van der Waals surface area contributed by atoms with E-state index in [2.05, 4.69) is 5.32 Å². The fourth-order valence-electron chi connectivity index (χ4n) is 2.32. The van der Waals surface area contributed by atoms with Gasteiger partial charge in [-0.3, -0.25) is 5.32 Å². The molecule has 2 aliphatic heterocycles. The monoisotopic (exact) mass is 243 g/mol. The van der Waals surface area contributed by atoms with Gasteiger partial charge in [0.05, 0.1) is 19.3 Å². The Morgan fingerprint density at radius 2 is 2.41 bits per heavy atom. The number of carbonyl (C=O) groups excluding carboxylic acids is 1. The molecule has 2 fully saturated rings. The molecule has 2 rings (SSSR count). The molecule has 0 aromatic carbocycles. The van der Waals surface area contributed by atoms with Crippen LogP contribution in [-0.4, -0.2) is 50.6 Å². The van der Waals surface area contributed by atoms with Crippen LogP contribution >= 0.6 is 0 Å². The molecule has 0 spiro atoms. The second kappa shape index (κ2) is 5.80. The van der Waals surface area contributed by atoms with Gasteiger partial charge < -0.3 is 14.2 Å². The lowest BCUT2D eigenvalue weighted by Gasteiger charge is -2.27. The van der Waals surface area contributed by atoms with Crippen molar-refractivity contribution in [1.82, 2.24) is 5.32 Å². The lowest BCUT2D eigenvalue weighted by Crippen LogP contribution is -2.55. The van der Waals surface area contributed by atoms with Gasteiger partial charge in [-0.25, -0.2) is 4.79 Å². The van der Waals surface area contributed by atoms with E-state index in [4.69, 9.17) is 14.2 Å². The first-order chi connectivity index (χ1) is 8.27. The third-order valence-corrected chi connectivity index (χ3v) is 3.38. The summed E-state index contributed by atoms with van der Waals surface area (Å²) in [6.07, 6.45) is 3.07. The molecule has 0 aromatic rings. The number of hydrogen-bond donors (Lipinski definition) is 1. The zero-order chi connectivity index (χ0) is 12.1. The van der Waals surface area contributed by atoms with Gasteiger partial charge >= 0.3 is 5.97 Å². The number of nitrogens with one attached hydrogen (secondary N) is 1. The van der Waals surface area contributed by atoms with Crippen LogP contribution in [0.3, 0.4) is 0 Å². The quantitative estimate of drug-likeness (QED) is 0.712. The Morgan fingerprint density at radius 3 is 3.00 bits per heavy atom. The molecule has 2 heterocycles. The fraction of sp³-hybridized carbons (Fsp3) is 0.917. The average Bonchev–Trinajstić information content (AvgIpc) is 2.99. The summed E-state index contributed by atoms with van der Waals surface area (Å²) in [7, 11) is 0. The minimum Gasteiger partial charge on any atom is -0.465 e. The predicted molar refractivity (Wildman–Crippen MR) is 61.8 cm³/mol. The molecule has 1 N–H and O–H groups in total. The normalized spacial score (nSPS) is 32.9. The number of ether oxygens (including phenoxy) is 3. The molecule has 0 radical (unpaired) electrons. The van der Waals surface area contributed by atoms with Gasteiger partial charge in [-0.05, 0) is 19.8 Å². The van der Waals surface area contributed by atoms with Crippen molar-refractivity contribution in [2.24, 2.45) is 0 Å². The Labute approximate surface area is 102 Å². The van der Waals surface area contributed by atoms with Crippen LogP contribution in [0.2, 0.25) is 0 Å². The first kappa shape index (κ1) is 12.8. The van der Waals surface area contributed by atoms with Gasteiger partial charge in [-0.15, -0.1) is 0 Å². The standard InChI is InChI=1S/C12H21NO4/c1-2-16-11(14)12(5-7-15-9-12)13-8-10-4-3-6-17-10/h10,13H,2-9H2,1H3. The molecule has 2 unspecified atom stereocenters. The van der Waals surface area contributed by atoms with Gasteiger partial charge in [0.15, 0.2) is 0 Å². The van der Waals surface area contributed by atoms with Crippen LogP contribution in [0.4, 0.5) is 0 Å². The minimum absolute atomic E-state index is 0.199. The summed E-state index contributed by atoms with van der Waals surface area (Å²) in [4.78, 5) is 12.0. The lowest BCUT2D eigenvalue weighted by atomic mass is 9.98. The highest BCUT2D eigenvalue weighted by molar-refractivity contribution is 5.81. The van der Waals surface area contributed by atoms with E-state index in [0.29, 0.717) is 32.8 Å². The van der Waals surface area contributed by atoms with Crippen LogP contribution in [-0.2, 0) is 19.0 Å². The molecule has 0 aromatic heterocycles. The van der Waals surface area contributed by atoms with Crippen molar-refractivity contribution >= 4 is 5.97 Å². The molecule has 17 heavy (non-hydrogen) atoms. The second-order valence-corrected chi connectivity index (χ2v) is 4.62. The maximum absolute atomic E-state index is 12.0. The van der Waals surface area contributed by atoms with Crippen molar-refractivity contribution < 1.29 is 19.0 Å². The Morgan fingerprint density at radius 1 is 1.53 bits per heavy atom. The average molecular weight is 243 g/mol. The summed E-state index contributed by atoms with van der Waals surface area (Å²) in [6, 6.07) is 0. The fourth-order valence-corrected chi connectivity index (χ4v) is 2.32. The summed E-state index contributed by atoms with van der Waals surface area (Å²) in [5, 5.41) is 3.30. The summed E-state index contributed by atoms with van der Waals surface area (Å²) in [5.41, 5.74) is -0.651. The van der Waals surface area contributed by atoms with Crippen molar-refractivity contribution in [1.29, 1.82) is 0 Å². The molecule has 2 saturated heterocycles. The predicted octanol–water partition coefficient (Wildman–Crippen LogP) is 0.477. The highest BCUT2D eigenvalue weighted by atomic mass is 16.5. The summed E-state index contributed by atoms with van der Waals surface area (Å²) >= 11 is 0. The summed E-state index contributed by atoms with van der Waals surface area (Å²) in [6.45, 7) is 4.76. The van der Waals surface area contributed by atoms with Crippen molar-refractivity contribution in [2.75, 3.05) is 33.0 Å². The van der Waals surface area contributed by atoms with E-state index in [-0.39, 0.29) is 12.1 Å². The number of rotatable bonds is 5. The SMILES string of the molecule is CCOC(=O)C1(NCC2CCCO2)CCOC1. The van der Waals surface area contributed by atoms with Gasteiger partial charge in [0.1, 0.15) is 5.54 Å². The topological polar surface area (TPSA) is 56.8 Å². The summed E-state index contributed by atoms with van der Waals surface area (Å²) < 4.78 is 16.0. The Kier molecular flexibility index (Phi) is 4.36. The maximum Gasteiger partial charge on any atom is 0.328 e. The van der Waals surface area contributed by atoms with Crippen LogP contribution in [0.1, 0.15) is 26.2 Å². The number of carbonyl (C=O) groups is 1. The second-order valence-electron chi connectivity index (χ2n) is 4.62. The molecule has 0 bridgehead atoms. The third kappa shape index (κ3) is 2.97. The van der Waals surface area contributed by atoms with E-state index in [9.17, 15) is 4.79 Å². The van der Waals surface area contributed by atoms with Crippen molar-refractivity contribution in [3.8, 4) is 0 Å². The van der Waals surface area contributed by atoms with E-state index in [1.54, 1.807) is 0 Å². The molecule has 0 saturated carbocycles. The maximum atomic E-state index is 12.0. The molecule has 2 aliphatic rings. The van der Waals surface area contributed by atoms with Gasteiger partial charge in [0.25, 0.3) is 0 Å². The molecular formula is C12H21NO4. The van der Waals surface area contributed by atoms with Gasteiger partial charge in [0.2, 0.25) is 0 Å². The van der Waals surface area contributed by atoms with Crippen molar-refractivity contribution in [3.63, 3.8) is 0 Å². The molecule has 5 nitrogen and oxygen atoms in total.